The molecule has 6 heteroatoms. The van der Waals surface area contributed by atoms with Crippen LogP contribution in [-0.2, 0) is 6.18 Å². The molecule has 0 saturated carbocycles. The van der Waals surface area contributed by atoms with E-state index in [1.165, 1.54) is 6.07 Å². The first-order valence-corrected chi connectivity index (χ1v) is 3.12. The highest BCUT2D eigenvalue weighted by molar-refractivity contribution is 5.36. The second-order valence-corrected chi connectivity index (χ2v) is 2.18. The molecule has 0 bridgehead atoms. The van der Waals surface area contributed by atoms with Crippen LogP contribution in [0.2, 0.25) is 0 Å². The second-order valence-electron chi connectivity index (χ2n) is 2.18. The number of aromatic hydroxyl groups is 1. The summed E-state index contributed by atoms with van der Waals surface area (Å²) in [4.78, 5) is 2.82. The van der Waals surface area contributed by atoms with Crippen LogP contribution in [0.15, 0.2) is 12.1 Å². The summed E-state index contributed by atoms with van der Waals surface area (Å²) in [6, 6.07) is 3.13. The smallest absolute Gasteiger partial charge is 0.434 e. The Bertz CT molecular complexity index is 367. The average molecular weight is 188 g/mol. The molecule has 0 unspecified atom stereocenters. The molecule has 3 nitrogen and oxygen atoms in total. The Labute approximate surface area is 71.1 Å². The maximum atomic E-state index is 12.1. The summed E-state index contributed by atoms with van der Waals surface area (Å²) in [5.74, 6) is -0.758. The highest BCUT2D eigenvalue weighted by atomic mass is 19.4. The monoisotopic (exact) mass is 188 g/mol. The van der Waals surface area contributed by atoms with Gasteiger partial charge in [0.15, 0.2) is 5.69 Å². The van der Waals surface area contributed by atoms with E-state index in [1.807, 2.05) is 0 Å². The van der Waals surface area contributed by atoms with Gasteiger partial charge < -0.3 is 5.11 Å². The third-order valence-electron chi connectivity index (χ3n) is 1.27. The van der Waals surface area contributed by atoms with Crippen molar-refractivity contribution in [3.8, 4) is 11.9 Å². The van der Waals surface area contributed by atoms with Crippen LogP contribution in [0.3, 0.4) is 0 Å². The Morgan fingerprint density at radius 1 is 1.38 bits per heavy atom. The molecule has 1 rings (SSSR count). The molecule has 0 aromatic carbocycles. The van der Waals surface area contributed by atoms with Crippen LogP contribution in [0.5, 0.6) is 5.88 Å². The fourth-order valence-corrected chi connectivity index (χ4v) is 0.755. The molecule has 1 aromatic heterocycles. The molecule has 1 N–H and O–H groups in total. The van der Waals surface area contributed by atoms with Crippen molar-refractivity contribution in [2.75, 3.05) is 0 Å². The molecular weight excluding hydrogens is 185 g/mol. The van der Waals surface area contributed by atoms with E-state index in [2.05, 4.69) is 4.98 Å². The molecule has 68 valence electrons. The third kappa shape index (κ3) is 1.87. The Kier molecular flexibility index (Phi) is 2.10. The summed E-state index contributed by atoms with van der Waals surface area (Å²) in [6.07, 6.45) is -4.72. The molecule has 0 spiro atoms. The van der Waals surface area contributed by atoms with Crippen molar-refractivity contribution >= 4 is 0 Å². The molecule has 0 fully saturated rings. The van der Waals surface area contributed by atoms with E-state index in [0.29, 0.717) is 0 Å². The number of hydrogen-bond donors (Lipinski definition) is 1. The van der Waals surface area contributed by atoms with E-state index in [9.17, 15) is 13.2 Å². The first-order valence-electron chi connectivity index (χ1n) is 3.12. The van der Waals surface area contributed by atoms with Crippen molar-refractivity contribution in [3.05, 3.63) is 23.4 Å². The normalized spacial score (nSPS) is 10.9. The summed E-state index contributed by atoms with van der Waals surface area (Å²) in [6.45, 7) is 0. The van der Waals surface area contributed by atoms with Crippen LogP contribution in [0.1, 0.15) is 11.3 Å². The Hall–Kier alpha value is -1.77. The molecule has 0 amide bonds. The minimum Gasteiger partial charge on any atom is -0.493 e. The van der Waals surface area contributed by atoms with Crippen LogP contribution >= 0.6 is 0 Å². The molecule has 0 atom stereocenters. The molecule has 0 aliphatic carbocycles. The SMILES string of the molecule is N#Cc1ccc(O)nc1C(F)(F)F. The summed E-state index contributed by atoms with van der Waals surface area (Å²) >= 11 is 0. The zero-order valence-electron chi connectivity index (χ0n) is 6.13. The predicted octanol–water partition coefficient (Wildman–Crippen LogP) is 1.68. The first-order chi connectivity index (χ1) is 5.95. The van der Waals surface area contributed by atoms with E-state index in [-0.39, 0.29) is 0 Å². The minimum absolute atomic E-state index is 0.606. The van der Waals surface area contributed by atoms with Gasteiger partial charge in [0.25, 0.3) is 0 Å². The van der Waals surface area contributed by atoms with Crippen LogP contribution in [0.4, 0.5) is 13.2 Å². The molecule has 1 heterocycles. The standard InChI is InChI=1S/C7H3F3N2O/c8-7(9,10)6-4(3-11)1-2-5(13)12-6/h1-2H,(H,12,13). The van der Waals surface area contributed by atoms with Crippen molar-refractivity contribution in [1.29, 1.82) is 5.26 Å². The van der Waals surface area contributed by atoms with Gasteiger partial charge in [-0.2, -0.15) is 18.4 Å². The van der Waals surface area contributed by atoms with E-state index < -0.39 is 23.3 Å². The molecule has 0 aliphatic rings. The largest absolute Gasteiger partial charge is 0.493 e. The average Bonchev–Trinajstić information content (AvgIpc) is 2.03. The van der Waals surface area contributed by atoms with Crippen molar-refractivity contribution in [2.24, 2.45) is 0 Å². The summed E-state index contributed by atoms with van der Waals surface area (Å²) in [5.41, 5.74) is -1.97. The maximum absolute atomic E-state index is 12.1. The number of alkyl halides is 3. The van der Waals surface area contributed by atoms with Crippen molar-refractivity contribution in [2.45, 2.75) is 6.18 Å². The number of nitriles is 1. The number of nitrogens with zero attached hydrogens (tertiary/aromatic N) is 2. The lowest BCUT2D eigenvalue weighted by molar-refractivity contribution is -0.141. The number of pyridine rings is 1. The molecular formula is C7H3F3N2O. The van der Waals surface area contributed by atoms with Crippen LogP contribution in [-0.4, -0.2) is 10.1 Å². The Morgan fingerprint density at radius 3 is 2.46 bits per heavy atom. The zero-order valence-corrected chi connectivity index (χ0v) is 6.13. The zero-order chi connectivity index (χ0) is 10.1. The van der Waals surface area contributed by atoms with Gasteiger partial charge in [-0.3, -0.25) is 0 Å². The van der Waals surface area contributed by atoms with E-state index in [1.54, 1.807) is 0 Å². The van der Waals surface area contributed by atoms with E-state index in [0.717, 1.165) is 12.1 Å². The van der Waals surface area contributed by atoms with Crippen LogP contribution in [0.25, 0.3) is 0 Å². The molecule has 0 aliphatic heterocycles. The quantitative estimate of drug-likeness (QED) is 0.673. The second kappa shape index (κ2) is 2.94. The number of rotatable bonds is 0. The van der Waals surface area contributed by atoms with Crippen molar-refractivity contribution in [3.63, 3.8) is 0 Å². The highest BCUT2D eigenvalue weighted by Crippen LogP contribution is 2.31. The van der Waals surface area contributed by atoms with Gasteiger partial charge in [-0.15, -0.1) is 0 Å². The van der Waals surface area contributed by atoms with Crippen LogP contribution in [0, 0.1) is 11.3 Å². The third-order valence-corrected chi connectivity index (χ3v) is 1.27. The number of hydrogen-bond acceptors (Lipinski definition) is 3. The Morgan fingerprint density at radius 2 is 2.00 bits per heavy atom. The predicted molar refractivity (Wildman–Crippen MR) is 35.6 cm³/mol. The minimum atomic E-state index is -4.72. The summed E-state index contributed by atoms with van der Waals surface area (Å²) in [5, 5.41) is 17.0. The number of aromatic nitrogens is 1. The summed E-state index contributed by atoms with van der Waals surface area (Å²) < 4.78 is 36.3. The highest BCUT2D eigenvalue weighted by Gasteiger charge is 2.35. The fraction of sp³-hybridized carbons (Fsp3) is 0.143. The van der Waals surface area contributed by atoms with Gasteiger partial charge in [0, 0.05) is 6.07 Å². The summed E-state index contributed by atoms with van der Waals surface area (Å²) in [7, 11) is 0. The maximum Gasteiger partial charge on any atom is 0.434 e. The van der Waals surface area contributed by atoms with Crippen molar-refractivity contribution < 1.29 is 18.3 Å². The molecule has 0 saturated heterocycles. The Balaban J connectivity index is 3.35. The fourth-order valence-electron chi connectivity index (χ4n) is 0.755. The topological polar surface area (TPSA) is 56.9 Å². The van der Waals surface area contributed by atoms with Gasteiger partial charge in [-0.25, -0.2) is 4.98 Å². The molecule has 13 heavy (non-hydrogen) atoms. The molecule has 1 aromatic rings. The van der Waals surface area contributed by atoms with Crippen LogP contribution < -0.4 is 0 Å². The van der Waals surface area contributed by atoms with Gasteiger partial charge in [-0.05, 0) is 6.07 Å². The van der Waals surface area contributed by atoms with Gasteiger partial charge >= 0.3 is 6.18 Å². The lowest BCUT2D eigenvalue weighted by Gasteiger charge is -2.06. The number of halogens is 3. The van der Waals surface area contributed by atoms with Gasteiger partial charge in [0.1, 0.15) is 6.07 Å². The van der Waals surface area contributed by atoms with E-state index in [4.69, 9.17) is 10.4 Å². The van der Waals surface area contributed by atoms with E-state index >= 15 is 0 Å². The first kappa shape index (κ1) is 9.32. The van der Waals surface area contributed by atoms with Gasteiger partial charge in [0.2, 0.25) is 5.88 Å². The van der Waals surface area contributed by atoms with Gasteiger partial charge in [0.05, 0.1) is 5.56 Å². The van der Waals surface area contributed by atoms with Crippen molar-refractivity contribution in [1.82, 2.24) is 4.98 Å². The molecule has 0 radical (unpaired) electrons. The van der Waals surface area contributed by atoms with Gasteiger partial charge in [-0.1, -0.05) is 0 Å². The lowest BCUT2D eigenvalue weighted by atomic mass is 10.2. The lowest BCUT2D eigenvalue weighted by Crippen LogP contribution is -2.10.